The lowest BCUT2D eigenvalue weighted by Gasteiger charge is -2.09. The van der Waals surface area contributed by atoms with Crippen LogP contribution in [0.4, 0.5) is 18.3 Å². The van der Waals surface area contributed by atoms with Gasteiger partial charge in [-0.1, -0.05) is 0 Å². The van der Waals surface area contributed by atoms with Crippen LogP contribution >= 0.6 is 11.3 Å². The maximum absolute atomic E-state index is 12.8. The van der Waals surface area contributed by atoms with Gasteiger partial charge in [0.1, 0.15) is 17.9 Å². The number of alkyl halides is 3. The number of hydrogen-bond donors (Lipinski definition) is 1. The maximum Gasteiger partial charge on any atom is 0.421 e. The third kappa shape index (κ3) is 4.65. The number of amides is 1. The van der Waals surface area contributed by atoms with E-state index >= 15 is 0 Å². The molecule has 0 radical (unpaired) electrons. The summed E-state index contributed by atoms with van der Waals surface area (Å²) in [5.74, 6) is 0.0446. The highest BCUT2D eigenvalue weighted by Crippen LogP contribution is 2.31. The average Bonchev–Trinajstić information content (AvgIpc) is 3.02. The zero-order chi connectivity index (χ0) is 21.2. The van der Waals surface area contributed by atoms with Gasteiger partial charge in [0, 0.05) is 16.6 Å². The van der Waals surface area contributed by atoms with E-state index in [4.69, 9.17) is 4.74 Å². The number of methoxy groups -OCH3 is 1. The van der Waals surface area contributed by atoms with Gasteiger partial charge in [-0.05, 0) is 43.3 Å². The van der Waals surface area contributed by atoms with Crippen LogP contribution in [0, 0.1) is 6.92 Å². The number of rotatable bonds is 5. The smallest absolute Gasteiger partial charge is 0.421 e. The van der Waals surface area contributed by atoms with Crippen molar-refractivity contribution >= 4 is 22.4 Å². The van der Waals surface area contributed by atoms with Crippen LogP contribution < -0.4 is 15.6 Å². The minimum absolute atomic E-state index is 0.290. The molecule has 0 saturated carbocycles. The summed E-state index contributed by atoms with van der Waals surface area (Å²) in [4.78, 5) is 29.4. The van der Waals surface area contributed by atoms with Crippen LogP contribution in [-0.2, 0) is 17.5 Å². The van der Waals surface area contributed by atoms with Gasteiger partial charge in [-0.25, -0.2) is 4.98 Å². The fraction of sp³-hybridized carbons (Fsp3) is 0.211. The van der Waals surface area contributed by atoms with Crippen molar-refractivity contribution in [3.63, 3.8) is 0 Å². The minimum Gasteiger partial charge on any atom is -0.497 e. The molecule has 0 aliphatic heterocycles. The molecule has 0 atom stereocenters. The highest BCUT2D eigenvalue weighted by Gasteiger charge is 2.34. The molecule has 0 saturated heterocycles. The monoisotopic (exact) mass is 423 g/mol. The summed E-state index contributed by atoms with van der Waals surface area (Å²) in [5, 5.41) is 2.82. The molecule has 10 heteroatoms. The highest BCUT2D eigenvalue weighted by molar-refractivity contribution is 7.16. The van der Waals surface area contributed by atoms with E-state index < -0.39 is 29.8 Å². The Morgan fingerprint density at radius 3 is 2.55 bits per heavy atom. The van der Waals surface area contributed by atoms with Crippen LogP contribution in [0.1, 0.15) is 10.4 Å². The second kappa shape index (κ2) is 8.08. The number of halogens is 3. The van der Waals surface area contributed by atoms with Crippen LogP contribution in [0.2, 0.25) is 0 Å². The molecule has 0 fully saturated rings. The van der Waals surface area contributed by atoms with Gasteiger partial charge in [-0.2, -0.15) is 13.2 Å². The molecule has 0 bridgehead atoms. The van der Waals surface area contributed by atoms with Gasteiger partial charge in [0.05, 0.1) is 12.8 Å². The summed E-state index contributed by atoms with van der Waals surface area (Å²) >= 11 is 1.23. The first-order valence-electron chi connectivity index (χ1n) is 8.37. The van der Waals surface area contributed by atoms with Crippen molar-refractivity contribution in [1.29, 1.82) is 0 Å². The lowest BCUT2D eigenvalue weighted by Crippen LogP contribution is -2.31. The molecule has 2 aromatic heterocycles. The zero-order valence-electron chi connectivity index (χ0n) is 15.4. The van der Waals surface area contributed by atoms with E-state index in [2.05, 4.69) is 10.3 Å². The van der Waals surface area contributed by atoms with Crippen molar-refractivity contribution in [3.8, 4) is 17.0 Å². The third-order valence-corrected chi connectivity index (χ3v) is 4.93. The summed E-state index contributed by atoms with van der Waals surface area (Å²) in [6, 6.07) is 8.98. The Morgan fingerprint density at radius 1 is 1.24 bits per heavy atom. The number of carbonyl (C=O) groups excluding carboxylic acids is 1. The maximum atomic E-state index is 12.8. The highest BCUT2D eigenvalue weighted by atomic mass is 32.1. The second-order valence-electron chi connectivity index (χ2n) is 6.05. The van der Waals surface area contributed by atoms with Crippen LogP contribution in [-0.4, -0.2) is 22.6 Å². The Bertz CT molecular complexity index is 1090. The molecule has 0 aliphatic carbocycles. The second-order valence-corrected chi connectivity index (χ2v) is 7.26. The predicted octanol–water partition coefficient (Wildman–Crippen LogP) is 3.95. The Morgan fingerprint density at radius 2 is 1.93 bits per heavy atom. The van der Waals surface area contributed by atoms with Crippen LogP contribution in [0.15, 0.2) is 47.4 Å². The van der Waals surface area contributed by atoms with Gasteiger partial charge in [-0.3, -0.25) is 9.59 Å². The normalized spacial score (nSPS) is 11.3. The first-order valence-corrected chi connectivity index (χ1v) is 9.19. The van der Waals surface area contributed by atoms with E-state index in [1.54, 1.807) is 19.2 Å². The summed E-state index contributed by atoms with van der Waals surface area (Å²) in [7, 11) is 1.56. The standard InChI is InChI=1S/C19H16F3N3O3S/c1-11-16(12-5-7-13(28-2)8-6-12)24-18(29-11)23-15(26)10-25-9-3-4-14(17(25)27)19(20,21)22/h3-9H,10H2,1-2H3,(H,23,24,26). The zero-order valence-corrected chi connectivity index (χ0v) is 16.2. The molecule has 1 N–H and O–H groups in total. The number of hydrogen-bond acceptors (Lipinski definition) is 5. The fourth-order valence-corrected chi connectivity index (χ4v) is 3.51. The number of nitrogens with zero attached hydrogens (tertiary/aromatic N) is 2. The van der Waals surface area contributed by atoms with E-state index in [0.717, 1.165) is 22.7 Å². The summed E-state index contributed by atoms with van der Waals surface area (Å²) < 4.78 is 44.3. The molecule has 1 aromatic carbocycles. The molecule has 29 heavy (non-hydrogen) atoms. The molecule has 0 spiro atoms. The molecule has 6 nitrogen and oxygen atoms in total. The molecule has 1 amide bonds. The quantitative estimate of drug-likeness (QED) is 0.675. The molecular formula is C19H16F3N3O3S. The van der Waals surface area contributed by atoms with Crippen molar-refractivity contribution in [2.75, 3.05) is 12.4 Å². The summed E-state index contributed by atoms with van der Waals surface area (Å²) in [6.07, 6.45) is -3.65. The Balaban J connectivity index is 1.76. The van der Waals surface area contributed by atoms with Crippen LogP contribution in [0.25, 0.3) is 11.3 Å². The number of anilines is 1. The summed E-state index contributed by atoms with van der Waals surface area (Å²) in [5.41, 5.74) is -1.09. The Labute approximate surface area is 167 Å². The lowest BCUT2D eigenvalue weighted by atomic mass is 10.1. The van der Waals surface area contributed by atoms with Crippen molar-refractivity contribution in [2.24, 2.45) is 0 Å². The van der Waals surface area contributed by atoms with Crippen molar-refractivity contribution in [3.05, 3.63) is 63.4 Å². The number of ether oxygens (including phenoxy) is 1. The topological polar surface area (TPSA) is 73.2 Å². The molecule has 0 unspecified atom stereocenters. The molecule has 2 heterocycles. The number of aryl methyl sites for hydroxylation is 1. The number of benzene rings is 1. The lowest BCUT2D eigenvalue weighted by molar-refractivity contribution is -0.139. The van der Waals surface area contributed by atoms with Gasteiger partial charge in [0.25, 0.3) is 5.56 Å². The molecule has 3 aromatic rings. The van der Waals surface area contributed by atoms with E-state index in [9.17, 15) is 22.8 Å². The molecule has 0 aliphatic rings. The minimum atomic E-state index is -4.78. The number of aromatic nitrogens is 2. The van der Waals surface area contributed by atoms with Gasteiger partial charge in [-0.15, -0.1) is 11.3 Å². The van der Waals surface area contributed by atoms with Gasteiger partial charge in [0.2, 0.25) is 5.91 Å². The van der Waals surface area contributed by atoms with E-state index in [1.807, 2.05) is 19.1 Å². The molecular weight excluding hydrogens is 407 g/mol. The predicted molar refractivity (Wildman–Crippen MR) is 103 cm³/mol. The first kappa shape index (κ1) is 20.6. The Kier molecular flexibility index (Phi) is 5.73. The largest absolute Gasteiger partial charge is 0.497 e. The van der Waals surface area contributed by atoms with E-state index in [-0.39, 0.29) is 0 Å². The fourth-order valence-electron chi connectivity index (χ4n) is 2.66. The van der Waals surface area contributed by atoms with E-state index in [1.165, 1.54) is 11.3 Å². The number of carbonyl (C=O) groups is 1. The number of pyridine rings is 1. The van der Waals surface area contributed by atoms with Crippen molar-refractivity contribution in [2.45, 2.75) is 19.6 Å². The average molecular weight is 423 g/mol. The first-order chi connectivity index (χ1) is 13.7. The van der Waals surface area contributed by atoms with E-state index in [0.29, 0.717) is 27.2 Å². The number of thiazole rings is 1. The van der Waals surface area contributed by atoms with Gasteiger partial charge < -0.3 is 14.6 Å². The van der Waals surface area contributed by atoms with Crippen molar-refractivity contribution < 1.29 is 22.7 Å². The van der Waals surface area contributed by atoms with Crippen LogP contribution in [0.5, 0.6) is 5.75 Å². The SMILES string of the molecule is COc1ccc(-c2nc(NC(=O)Cn3cccc(C(F)(F)F)c3=O)sc2C)cc1. The molecule has 3 rings (SSSR count). The van der Waals surface area contributed by atoms with Crippen molar-refractivity contribution in [1.82, 2.24) is 9.55 Å². The van der Waals surface area contributed by atoms with Gasteiger partial charge in [0.15, 0.2) is 5.13 Å². The third-order valence-electron chi connectivity index (χ3n) is 4.05. The van der Waals surface area contributed by atoms with Gasteiger partial charge >= 0.3 is 6.18 Å². The summed E-state index contributed by atoms with van der Waals surface area (Å²) in [6.45, 7) is 1.28. The molecule has 152 valence electrons. The number of nitrogens with one attached hydrogen (secondary N) is 1. The Hall–Kier alpha value is -3.14. The van der Waals surface area contributed by atoms with Crippen LogP contribution in [0.3, 0.4) is 0 Å².